The topological polar surface area (TPSA) is 74.7 Å². The Kier molecular flexibility index (Phi) is 5.06. The molecule has 7 heteroatoms. The van der Waals surface area contributed by atoms with E-state index >= 15 is 0 Å². The van der Waals surface area contributed by atoms with E-state index in [0.29, 0.717) is 13.0 Å². The van der Waals surface area contributed by atoms with E-state index in [1.165, 1.54) is 22.5 Å². The van der Waals surface area contributed by atoms with Crippen molar-refractivity contribution in [3.63, 3.8) is 0 Å². The molecule has 0 atom stereocenters. The van der Waals surface area contributed by atoms with Gasteiger partial charge in [-0.05, 0) is 18.6 Å². The molecule has 0 aliphatic rings. The Hall–Kier alpha value is -1.18. The summed E-state index contributed by atoms with van der Waals surface area (Å²) in [6, 6.07) is 2.63. The molecule has 0 aromatic carbocycles. The zero-order valence-electron chi connectivity index (χ0n) is 10.00. The van der Waals surface area contributed by atoms with Crippen molar-refractivity contribution < 1.29 is 18.3 Å². The second-order valence-electron chi connectivity index (χ2n) is 3.58. The highest BCUT2D eigenvalue weighted by Gasteiger charge is 2.25. The van der Waals surface area contributed by atoms with Crippen LogP contribution in [-0.4, -0.2) is 36.9 Å². The lowest BCUT2D eigenvalue weighted by Crippen LogP contribution is -2.31. The first-order valence-corrected chi connectivity index (χ1v) is 7.63. The normalized spacial score (nSPS) is 11.7. The molecule has 0 aliphatic carbocycles. The first kappa shape index (κ1) is 14.9. The maximum atomic E-state index is 12.2. The van der Waals surface area contributed by atoms with Crippen LogP contribution in [0.15, 0.2) is 29.0 Å². The summed E-state index contributed by atoms with van der Waals surface area (Å²) in [6.45, 7) is 6.01. The minimum atomic E-state index is -3.62. The van der Waals surface area contributed by atoms with Gasteiger partial charge in [0.15, 0.2) is 0 Å². The lowest BCUT2D eigenvalue weighted by atomic mass is 10.5. The van der Waals surface area contributed by atoms with E-state index in [2.05, 4.69) is 6.58 Å². The van der Waals surface area contributed by atoms with Gasteiger partial charge in [0.25, 0.3) is 10.0 Å². The Bertz CT molecular complexity index is 533. The van der Waals surface area contributed by atoms with E-state index in [0.717, 1.165) is 11.3 Å². The van der Waals surface area contributed by atoms with Gasteiger partial charge in [-0.1, -0.05) is 13.0 Å². The number of thiophene rings is 1. The van der Waals surface area contributed by atoms with Gasteiger partial charge in [-0.25, -0.2) is 13.2 Å². The Balaban J connectivity index is 3.09. The second-order valence-corrected chi connectivity index (χ2v) is 6.82. The summed E-state index contributed by atoms with van der Waals surface area (Å²) in [7, 11) is -3.62. The van der Waals surface area contributed by atoms with Crippen LogP contribution in [0.25, 0.3) is 0 Å². The smallest absolute Gasteiger partial charge is 0.345 e. The molecule has 1 aromatic heterocycles. The van der Waals surface area contributed by atoms with Crippen LogP contribution in [-0.2, 0) is 10.0 Å². The van der Waals surface area contributed by atoms with Crippen molar-refractivity contribution in [2.24, 2.45) is 0 Å². The van der Waals surface area contributed by atoms with Gasteiger partial charge in [0.1, 0.15) is 9.09 Å². The van der Waals surface area contributed by atoms with Crippen LogP contribution in [0.3, 0.4) is 0 Å². The van der Waals surface area contributed by atoms with Crippen molar-refractivity contribution in [1.29, 1.82) is 0 Å². The highest BCUT2D eigenvalue weighted by Crippen LogP contribution is 2.25. The number of rotatable bonds is 7. The molecule has 0 radical (unpaired) electrons. The number of carboxylic acids is 1. The molecule has 1 N–H and O–H groups in total. The second kappa shape index (κ2) is 6.12. The number of hydrogen-bond donors (Lipinski definition) is 1. The molecule has 1 rings (SSSR count). The lowest BCUT2D eigenvalue weighted by Gasteiger charge is -2.18. The predicted molar refractivity (Wildman–Crippen MR) is 70.5 cm³/mol. The van der Waals surface area contributed by atoms with Crippen LogP contribution in [0.1, 0.15) is 23.0 Å². The molecule has 5 nitrogen and oxygen atoms in total. The van der Waals surface area contributed by atoms with Crippen LogP contribution in [0.2, 0.25) is 0 Å². The number of carboxylic acid groups (broad SMARTS) is 1. The number of carbonyl (C=O) groups is 1. The maximum absolute atomic E-state index is 12.2. The highest BCUT2D eigenvalue weighted by atomic mass is 32.2. The van der Waals surface area contributed by atoms with Crippen LogP contribution in [0.5, 0.6) is 0 Å². The average Bonchev–Trinajstić information content (AvgIpc) is 2.78. The van der Waals surface area contributed by atoms with Crippen molar-refractivity contribution >= 4 is 27.3 Å². The van der Waals surface area contributed by atoms with Gasteiger partial charge in [0, 0.05) is 13.1 Å². The van der Waals surface area contributed by atoms with E-state index in [9.17, 15) is 13.2 Å². The molecular weight excluding hydrogens is 274 g/mol. The summed E-state index contributed by atoms with van der Waals surface area (Å²) in [6.07, 6.45) is 2.20. The zero-order chi connectivity index (χ0) is 13.8. The Morgan fingerprint density at radius 3 is 2.67 bits per heavy atom. The van der Waals surface area contributed by atoms with Crippen molar-refractivity contribution in [3.05, 3.63) is 29.7 Å². The molecule has 18 heavy (non-hydrogen) atoms. The lowest BCUT2D eigenvalue weighted by molar-refractivity contribution is 0.0702. The maximum Gasteiger partial charge on any atom is 0.345 e. The third-order valence-corrected chi connectivity index (χ3v) is 5.60. The van der Waals surface area contributed by atoms with Crippen molar-refractivity contribution in [2.45, 2.75) is 17.6 Å². The highest BCUT2D eigenvalue weighted by molar-refractivity contribution is 7.91. The molecule has 1 heterocycles. The van der Waals surface area contributed by atoms with E-state index in [1.807, 2.05) is 6.92 Å². The van der Waals surface area contributed by atoms with Gasteiger partial charge in [-0.15, -0.1) is 17.9 Å². The van der Waals surface area contributed by atoms with Crippen molar-refractivity contribution in [3.8, 4) is 0 Å². The zero-order valence-corrected chi connectivity index (χ0v) is 11.6. The number of sulfonamides is 1. The summed E-state index contributed by atoms with van der Waals surface area (Å²) in [5.74, 6) is -1.12. The largest absolute Gasteiger partial charge is 0.477 e. The fourth-order valence-electron chi connectivity index (χ4n) is 1.40. The van der Waals surface area contributed by atoms with E-state index in [-0.39, 0.29) is 15.6 Å². The molecule has 100 valence electrons. The molecule has 0 fully saturated rings. The van der Waals surface area contributed by atoms with Crippen LogP contribution < -0.4 is 0 Å². The molecule has 0 saturated heterocycles. The third-order valence-electron chi connectivity index (χ3n) is 2.19. The minimum Gasteiger partial charge on any atom is -0.477 e. The third kappa shape index (κ3) is 3.18. The number of aromatic carboxylic acids is 1. The summed E-state index contributed by atoms with van der Waals surface area (Å²) in [4.78, 5) is 10.8. The summed E-state index contributed by atoms with van der Waals surface area (Å²) >= 11 is 0.765. The van der Waals surface area contributed by atoms with E-state index in [1.54, 1.807) is 0 Å². The van der Waals surface area contributed by atoms with Gasteiger partial charge >= 0.3 is 5.97 Å². The minimum absolute atomic E-state index is 0.0172. The number of nitrogens with zero attached hydrogens (tertiary/aromatic N) is 1. The summed E-state index contributed by atoms with van der Waals surface area (Å²) in [5.41, 5.74) is 0. The van der Waals surface area contributed by atoms with Gasteiger partial charge in [-0.2, -0.15) is 4.31 Å². The standard InChI is InChI=1S/C11H15NO4S2/c1-3-7-12(8-4-2)18(15,16)10-6-5-9(17-10)11(13)14/h3,5-6H,1,4,7-8H2,2H3,(H,13,14). The number of hydrogen-bond acceptors (Lipinski definition) is 4. The van der Waals surface area contributed by atoms with Gasteiger partial charge in [0.2, 0.25) is 0 Å². The molecule has 0 saturated carbocycles. The van der Waals surface area contributed by atoms with Crippen LogP contribution in [0, 0.1) is 0 Å². The van der Waals surface area contributed by atoms with Gasteiger partial charge in [0.05, 0.1) is 0 Å². The molecule has 0 bridgehead atoms. The first-order valence-electron chi connectivity index (χ1n) is 5.37. The van der Waals surface area contributed by atoms with Crippen LogP contribution in [0.4, 0.5) is 0 Å². The van der Waals surface area contributed by atoms with Gasteiger partial charge < -0.3 is 5.11 Å². The molecule has 0 aliphatic heterocycles. The monoisotopic (exact) mass is 289 g/mol. The predicted octanol–water partition coefficient (Wildman–Crippen LogP) is 2.03. The molecule has 0 spiro atoms. The van der Waals surface area contributed by atoms with Crippen molar-refractivity contribution in [2.75, 3.05) is 13.1 Å². The SMILES string of the molecule is C=CCN(CCC)S(=O)(=O)c1ccc(C(=O)O)s1. The molecule has 1 aromatic rings. The summed E-state index contributed by atoms with van der Waals surface area (Å²) in [5, 5.41) is 8.80. The van der Waals surface area contributed by atoms with E-state index < -0.39 is 16.0 Å². The van der Waals surface area contributed by atoms with Crippen LogP contribution >= 0.6 is 11.3 Å². The average molecular weight is 289 g/mol. The van der Waals surface area contributed by atoms with E-state index in [4.69, 9.17) is 5.11 Å². The molecule has 0 unspecified atom stereocenters. The molecule has 0 amide bonds. The summed E-state index contributed by atoms with van der Waals surface area (Å²) < 4.78 is 25.8. The Morgan fingerprint density at radius 1 is 1.56 bits per heavy atom. The fourth-order valence-corrected chi connectivity index (χ4v) is 4.21. The fraction of sp³-hybridized carbons (Fsp3) is 0.364. The van der Waals surface area contributed by atoms with Gasteiger partial charge in [-0.3, -0.25) is 0 Å². The Morgan fingerprint density at radius 2 is 2.22 bits per heavy atom. The molecular formula is C11H15NO4S2. The Labute approximate surface area is 110 Å². The van der Waals surface area contributed by atoms with Crippen molar-refractivity contribution in [1.82, 2.24) is 4.31 Å². The quantitative estimate of drug-likeness (QED) is 0.779. The first-order chi connectivity index (χ1) is 8.43.